The number of aryl methyl sites for hydroxylation is 2. The summed E-state index contributed by atoms with van der Waals surface area (Å²) in [6.45, 7) is 4.97. The molecular weight excluding hydrogens is 345 g/mol. The van der Waals surface area contributed by atoms with Crippen LogP contribution in [-0.4, -0.2) is 9.55 Å². The van der Waals surface area contributed by atoms with Crippen molar-refractivity contribution in [3.8, 4) is 0 Å². The lowest BCUT2D eigenvalue weighted by molar-refractivity contribution is 0.627. The maximum absolute atomic E-state index is 13.2. The molecule has 0 saturated carbocycles. The van der Waals surface area contributed by atoms with Crippen LogP contribution in [0.5, 0.6) is 0 Å². The van der Waals surface area contributed by atoms with Crippen LogP contribution in [0.3, 0.4) is 0 Å². The molecule has 0 aliphatic rings. The zero-order valence-corrected chi connectivity index (χ0v) is 13.7. The van der Waals surface area contributed by atoms with Crippen molar-refractivity contribution >= 4 is 39.2 Å². The molecule has 1 heterocycles. The predicted molar refractivity (Wildman–Crippen MR) is 84.3 cm³/mol. The van der Waals surface area contributed by atoms with E-state index in [1.54, 1.807) is 0 Å². The molecule has 0 bridgehead atoms. The molecule has 2 rings (SSSR count). The van der Waals surface area contributed by atoms with Gasteiger partial charge in [0.15, 0.2) is 0 Å². The van der Waals surface area contributed by atoms with Crippen LogP contribution in [0.1, 0.15) is 25.5 Å². The molecule has 3 nitrogen and oxygen atoms in total. The van der Waals surface area contributed by atoms with Gasteiger partial charge in [-0.1, -0.05) is 24.9 Å². The van der Waals surface area contributed by atoms with E-state index >= 15 is 0 Å². The number of benzene rings is 1. The summed E-state index contributed by atoms with van der Waals surface area (Å²) in [5, 5.41) is 3.49. The largest absolute Gasteiger partial charge is 0.323 e. The highest BCUT2D eigenvalue weighted by Gasteiger charge is 2.12. The van der Waals surface area contributed by atoms with Crippen LogP contribution in [0, 0.1) is 12.7 Å². The van der Waals surface area contributed by atoms with Crippen LogP contribution in [0.15, 0.2) is 22.8 Å². The lowest BCUT2D eigenvalue weighted by Crippen LogP contribution is -2.04. The van der Waals surface area contributed by atoms with E-state index in [0.29, 0.717) is 21.1 Å². The number of imidazole rings is 1. The predicted octanol–water partition coefficient (Wildman–Crippen LogP) is 5.29. The number of hydrogen-bond acceptors (Lipinski definition) is 2. The quantitative estimate of drug-likeness (QED) is 0.785. The van der Waals surface area contributed by atoms with E-state index in [0.717, 1.165) is 25.1 Å². The summed E-state index contributed by atoms with van der Waals surface area (Å²) < 4.78 is 15.9. The number of halogens is 3. The van der Waals surface area contributed by atoms with Crippen molar-refractivity contribution in [2.24, 2.45) is 0 Å². The van der Waals surface area contributed by atoms with E-state index in [-0.39, 0.29) is 5.82 Å². The zero-order valence-electron chi connectivity index (χ0n) is 11.4. The molecule has 20 heavy (non-hydrogen) atoms. The van der Waals surface area contributed by atoms with Gasteiger partial charge in [0.05, 0.1) is 16.4 Å². The van der Waals surface area contributed by atoms with Crippen molar-refractivity contribution in [2.75, 3.05) is 5.32 Å². The van der Waals surface area contributed by atoms with Gasteiger partial charge < -0.3 is 9.88 Å². The molecule has 2 aromatic rings. The van der Waals surface area contributed by atoms with Crippen molar-refractivity contribution in [1.82, 2.24) is 9.55 Å². The van der Waals surface area contributed by atoms with Gasteiger partial charge in [-0.15, -0.1) is 0 Å². The third-order valence-electron chi connectivity index (χ3n) is 2.89. The van der Waals surface area contributed by atoms with Crippen LogP contribution in [0.2, 0.25) is 5.02 Å². The van der Waals surface area contributed by atoms with Crippen LogP contribution in [-0.2, 0) is 6.54 Å². The number of nitrogens with zero attached hydrogens (tertiary/aromatic N) is 2. The Kier molecular flexibility index (Phi) is 5.05. The van der Waals surface area contributed by atoms with Crippen molar-refractivity contribution in [1.29, 1.82) is 0 Å². The molecule has 0 amide bonds. The van der Waals surface area contributed by atoms with Gasteiger partial charge in [-0.3, -0.25) is 0 Å². The van der Waals surface area contributed by atoms with E-state index in [2.05, 4.69) is 33.2 Å². The summed E-state index contributed by atoms with van der Waals surface area (Å²) in [5.41, 5.74) is 1.55. The Bertz CT molecular complexity index is 589. The highest BCUT2D eigenvalue weighted by molar-refractivity contribution is 9.10. The van der Waals surface area contributed by atoms with Gasteiger partial charge in [0.25, 0.3) is 0 Å². The van der Waals surface area contributed by atoms with Gasteiger partial charge >= 0.3 is 0 Å². The van der Waals surface area contributed by atoms with Gasteiger partial charge in [-0.25, -0.2) is 9.37 Å². The van der Waals surface area contributed by atoms with E-state index < -0.39 is 0 Å². The van der Waals surface area contributed by atoms with Crippen LogP contribution < -0.4 is 5.32 Å². The Labute approximate surface area is 131 Å². The van der Waals surface area contributed by atoms with Crippen molar-refractivity contribution in [3.05, 3.63) is 39.3 Å². The smallest absolute Gasteiger partial charge is 0.207 e. The first kappa shape index (κ1) is 15.3. The van der Waals surface area contributed by atoms with Gasteiger partial charge in [-0.05, 0) is 41.4 Å². The zero-order chi connectivity index (χ0) is 14.7. The fraction of sp³-hybridized carbons (Fsp3) is 0.357. The minimum absolute atomic E-state index is 0.319. The molecule has 1 aromatic carbocycles. The molecule has 0 aliphatic heterocycles. The van der Waals surface area contributed by atoms with Crippen LogP contribution >= 0.6 is 27.5 Å². The molecular formula is C14H16BrClFN3. The molecule has 108 valence electrons. The summed E-state index contributed by atoms with van der Waals surface area (Å²) in [5.74, 6) is 0.336. The van der Waals surface area contributed by atoms with Crippen LogP contribution in [0.25, 0.3) is 0 Å². The Morgan fingerprint density at radius 1 is 1.45 bits per heavy atom. The maximum atomic E-state index is 13.2. The Balaban J connectivity index is 2.30. The molecule has 0 unspecified atom stereocenters. The second kappa shape index (κ2) is 6.59. The fourth-order valence-corrected chi connectivity index (χ4v) is 2.82. The normalized spacial score (nSPS) is 10.8. The third kappa shape index (κ3) is 3.52. The van der Waals surface area contributed by atoms with Crippen LogP contribution in [0.4, 0.5) is 16.0 Å². The number of nitrogens with one attached hydrogen (secondary N) is 1. The number of rotatable bonds is 5. The second-order valence-electron chi connectivity index (χ2n) is 4.62. The van der Waals surface area contributed by atoms with E-state index in [4.69, 9.17) is 11.6 Å². The number of aromatic nitrogens is 2. The average molecular weight is 361 g/mol. The first-order chi connectivity index (χ1) is 9.51. The Hall–Kier alpha value is -1.07. The molecule has 6 heteroatoms. The van der Waals surface area contributed by atoms with Crippen molar-refractivity contribution in [2.45, 2.75) is 33.2 Å². The Morgan fingerprint density at radius 2 is 2.20 bits per heavy atom. The van der Waals surface area contributed by atoms with Gasteiger partial charge in [0, 0.05) is 17.2 Å². The molecule has 1 N–H and O–H groups in total. The summed E-state index contributed by atoms with van der Waals surface area (Å²) in [6.07, 6.45) is 4.17. The number of unbranched alkanes of at least 4 members (excludes halogenated alkanes) is 1. The van der Waals surface area contributed by atoms with E-state index in [1.807, 2.05) is 17.7 Å². The SMILES string of the molecule is CCCCn1cc(C)nc1Nc1c(Cl)cc(F)cc1Br. The van der Waals surface area contributed by atoms with E-state index in [9.17, 15) is 4.39 Å². The molecule has 0 aliphatic carbocycles. The summed E-state index contributed by atoms with van der Waals surface area (Å²) in [4.78, 5) is 4.44. The summed E-state index contributed by atoms with van der Waals surface area (Å²) in [7, 11) is 0. The maximum Gasteiger partial charge on any atom is 0.207 e. The molecule has 0 atom stereocenters. The molecule has 0 spiro atoms. The molecule has 0 fully saturated rings. The molecule has 0 radical (unpaired) electrons. The van der Waals surface area contributed by atoms with Gasteiger partial charge in [-0.2, -0.15) is 0 Å². The fourth-order valence-electron chi connectivity index (χ4n) is 1.92. The standard InChI is InChI=1S/C14H16BrClFN3/c1-3-4-5-20-8-9(2)18-14(20)19-13-11(15)6-10(17)7-12(13)16/h6-8H,3-5H2,1-2H3,(H,18,19). The van der Waals surface area contributed by atoms with Gasteiger partial charge in [0.1, 0.15) is 5.82 Å². The third-order valence-corrected chi connectivity index (χ3v) is 3.82. The number of anilines is 2. The lowest BCUT2D eigenvalue weighted by atomic mass is 10.3. The molecule has 1 aromatic heterocycles. The lowest BCUT2D eigenvalue weighted by Gasteiger charge is -2.12. The first-order valence-electron chi connectivity index (χ1n) is 6.46. The summed E-state index contributed by atoms with van der Waals surface area (Å²) >= 11 is 9.39. The highest BCUT2D eigenvalue weighted by Crippen LogP contribution is 2.33. The topological polar surface area (TPSA) is 29.9 Å². The monoisotopic (exact) mass is 359 g/mol. The minimum atomic E-state index is -0.377. The van der Waals surface area contributed by atoms with Gasteiger partial charge in [0.2, 0.25) is 5.95 Å². The van der Waals surface area contributed by atoms with E-state index in [1.165, 1.54) is 12.1 Å². The molecule has 0 saturated heterocycles. The number of hydrogen-bond donors (Lipinski definition) is 1. The summed E-state index contributed by atoms with van der Waals surface area (Å²) in [6, 6.07) is 2.65. The van der Waals surface area contributed by atoms with Crippen molar-refractivity contribution < 1.29 is 4.39 Å². The van der Waals surface area contributed by atoms with Crippen molar-refractivity contribution in [3.63, 3.8) is 0 Å². The minimum Gasteiger partial charge on any atom is -0.323 e. The Morgan fingerprint density at radius 3 is 2.85 bits per heavy atom. The second-order valence-corrected chi connectivity index (χ2v) is 5.88. The highest BCUT2D eigenvalue weighted by atomic mass is 79.9. The average Bonchev–Trinajstić information content (AvgIpc) is 2.71. The first-order valence-corrected chi connectivity index (χ1v) is 7.63.